The first-order chi connectivity index (χ1) is 8.76. The van der Waals surface area contributed by atoms with Gasteiger partial charge >= 0.3 is 0 Å². The number of rotatable bonds is 3. The minimum absolute atomic E-state index is 0.0156. The highest BCUT2D eigenvalue weighted by Crippen LogP contribution is 2.27. The van der Waals surface area contributed by atoms with E-state index in [-0.39, 0.29) is 22.3 Å². The van der Waals surface area contributed by atoms with Crippen molar-refractivity contribution in [3.8, 4) is 0 Å². The van der Waals surface area contributed by atoms with Crippen LogP contribution in [0.1, 0.15) is 11.8 Å². The SMILES string of the molecule is CC1CS(=O)(=O)CCN1S(=O)(=O)c1ccc(CN)s1. The summed E-state index contributed by atoms with van der Waals surface area (Å²) in [5.41, 5.74) is 5.47. The highest BCUT2D eigenvalue weighted by atomic mass is 32.2. The highest BCUT2D eigenvalue weighted by Gasteiger charge is 2.37. The lowest BCUT2D eigenvalue weighted by molar-refractivity contribution is 0.357. The van der Waals surface area contributed by atoms with Crippen LogP contribution in [-0.4, -0.2) is 45.2 Å². The van der Waals surface area contributed by atoms with Crippen LogP contribution in [0, 0.1) is 0 Å². The summed E-state index contributed by atoms with van der Waals surface area (Å²) in [6, 6.07) is 2.67. The summed E-state index contributed by atoms with van der Waals surface area (Å²) in [7, 11) is -6.75. The lowest BCUT2D eigenvalue weighted by Crippen LogP contribution is -2.49. The van der Waals surface area contributed by atoms with Crippen LogP contribution >= 0.6 is 11.3 Å². The Balaban J connectivity index is 2.30. The van der Waals surface area contributed by atoms with Crippen LogP contribution in [-0.2, 0) is 26.4 Å². The molecule has 1 aromatic heterocycles. The summed E-state index contributed by atoms with van der Waals surface area (Å²) in [5, 5.41) is 0. The summed E-state index contributed by atoms with van der Waals surface area (Å²) in [4.78, 5) is 0.788. The van der Waals surface area contributed by atoms with Gasteiger partial charge in [-0.1, -0.05) is 0 Å². The largest absolute Gasteiger partial charge is 0.326 e. The second-order valence-electron chi connectivity index (χ2n) is 4.50. The van der Waals surface area contributed by atoms with Crippen molar-refractivity contribution in [3.63, 3.8) is 0 Å². The van der Waals surface area contributed by atoms with Gasteiger partial charge in [-0.15, -0.1) is 11.3 Å². The van der Waals surface area contributed by atoms with Gasteiger partial charge in [-0.3, -0.25) is 0 Å². The summed E-state index contributed by atoms with van der Waals surface area (Å²) < 4.78 is 49.3. The Hall–Kier alpha value is -0.480. The third-order valence-electron chi connectivity index (χ3n) is 3.01. The van der Waals surface area contributed by atoms with Crippen molar-refractivity contribution in [1.82, 2.24) is 4.31 Å². The van der Waals surface area contributed by atoms with E-state index in [0.717, 1.165) is 16.2 Å². The molecule has 1 aromatic rings. The lowest BCUT2D eigenvalue weighted by Gasteiger charge is -2.31. The van der Waals surface area contributed by atoms with Crippen molar-refractivity contribution >= 4 is 31.2 Å². The Morgan fingerprint density at radius 1 is 1.47 bits per heavy atom. The van der Waals surface area contributed by atoms with Crippen LogP contribution in [0.15, 0.2) is 16.3 Å². The van der Waals surface area contributed by atoms with E-state index >= 15 is 0 Å². The van der Waals surface area contributed by atoms with Crippen LogP contribution in [0.5, 0.6) is 0 Å². The molecule has 0 bridgehead atoms. The fraction of sp³-hybridized carbons (Fsp3) is 0.600. The van der Waals surface area contributed by atoms with Crippen LogP contribution in [0.25, 0.3) is 0 Å². The van der Waals surface area contributed by atoms with Gasteiger partial charge in [0.2, 0.25) is 0 Å². The third-order valence-corrected chi connectivity index (χ3v) is 8.39. The molecule has 0 spiro atoms. The molecule has 19 heavy (non-hydrogen) atoms. The van der Waals surface area contributed by atoms with E-state index in [1.54, 1.807) is 13.0 Å². The molecule has 2 heterocycles. The molecule has 9 heteroatoms. The van der Waals surface area contributed by atoms with Gasteiger partial charge in [0.15, 0.2) is 9.84 Å². The first-order valence-electron chi connectivity index (χ1n) is 5.77. The number of nitrogens with two attached hydrogens (primary N) is 1. The van der Waals surface area contributed by atoms with E-state index < -0.39 is 25.9 Å². The van der Waals surface area contributed by atoms with E-state index in [0.29, 0.717) is 6.54 Å². The van der Waals surface area contributed by atoms with Crippen molar-refractivity contribution in [3.05, 3.63) is 17.0 Å². The number of hydrogen-bond acceptors (Lipinski definition) is 6. The van der Waals surface area contributed by atoms with Crippen LogP contribution in [0.4, 0.5) is 0 Å². The average molecular weight is 324 g/mol. The summed E-state index contributed by atoms with van der Waals surface area (Å²) in [5.74, 6) is -0.243. The van der Waals surface area contributed by atoms with E-state index in [1.165, 1.54) is 10.4 Å². The third kappa shape index (κ3) is 3.00. The molecule has 0 saturated carbocycles. The maximum atomic E-state index is 12.4. The molecule has 0 aromatic carbocycles. The van der Waals surface area contributed by atoms with Gasteiger partial charge in [0.25, 0.3) is 10.0 Å². The summed E-state index contributed by atoms with van der Waals surface area (Å²) in [6.07, 6.45) is 0. The van der Waals surface area contributed by atoms with Gasteiger partial charge in [0.1, 0.15) is 4.21 Å². The zero-order valence-electron chi connectivity index (χ0n) is 10.4. The first kappa shape index (κ1) is 14.9. The fourth-order valence-corrected chi connectivity index (χ4v) is 6.82. The molecule has 1 saturated heterocycles. The zero-order chi connectivity index (χ0) is 14.3. The van der Waals surface area contributed by atoms with Gasteiger partial charge < -0.3 is 5.73 Å². The second kappa shape index (κ2) is 5.13. The van der Waals surface area contributed by atoms with Crippen molar-refractivity contribution < 1.29 is 16.8 Å². The Kier molecular flexibility index (Phi) is 4.03. The van der Waals surface area contributed by atoms with Crippen molar-refractivity contribution in [2.24, 2.45) is 5.73 Å². The van der Waals surface area contributed by atoms with Gasteiger partial charge in [0.05, 0.1) is 11.5 Å². The minimum atomic E-state index is -3.62. The maximum Gasteiger partial charge on any atom is 0.252 e. The molecule has 1 unspecified atom stereocenters. The minimum Gasteiger partial charge on any atom is -0.326 e. The number of nitrogens with zero attached hydrogens (tertiary/aromatic N) is 1. The molecule has 108 valence electrons. The van der Waals surface area contributed by atoms with Crippen LogP contribution < -0.4 is 5.73 Å². The molecule has 6 nitrogen and oxygen atoms in total. The number of sulfone groups is 1. The van der Waals surface area contributed by atoms with Gasteiger partial charge in [-0.05, 0) is 19.1 Å². The van der Waals surface area contributed by atoms with E-state index in [1.807, 2.05) is 0 Å². The molecule has 1 atom stereocenters. The number of sulfonamides is 1. The Labute approximate surface area is 117 Å². The van der Waals surface area contributed by atoms with Gasteiger partial charge in [0, 0.05) is 24.0 Å². The van der Waals surface area contributed by atoms with Crippen molar-refractivity contribution in [2.75, 3.05) is 18.1 Å². The molecular formula is C10H16N2O4S3. The Morgan fingerprint density at radius 3 is 2.68 bits per heavy atom. The normalized spacial score (nSPS) is 24.4. The fourth-order valence-electron chi connectivity index (χ4n) is 2.06. The standard InChI is InChI=1S/C10H16N2O4S3/c1-8-7-18(13,14)5-4-12(8)19(15,16)10-3-2-9(6-11)17-10/h2-3,8H,4-7,11H2,1H3. The molecule has 0 amide bonds. The molecular weight excluding hydrogens is 308 g/mol. The smallest absolute Gasteiger partial charge is 0.252 e. The average Bonchev–Trinajstić information content (AvgIpc) is 2.76. The van der Waals surface area contributed by atoms with Gasteiger partial charge in [-0.25, -0.2) is 16.8 Å². The Bertz CT molecular complexity index is 663. The molecule has 1 aliphatic heterocycles. The van der Waals surface area contributed by atoms with E-state index in [9.17, 15) is 16.8 Å². The van der Waals surface area contributed by atoms with Crippen LogP contribution in [0.3, 0.4) is 0 Å². The predicted molar refractivity (Wildman–Crippen MR) is 74.2 cm³/mol. The van der Waals surface area contributed by atoms with Crippen molar-refractivity contribution in [1.29, 1.82) is 0 Å². The molecule has 1 fully saturated rings. The number of hydrogen-bond donors (Lipinski definition) is 1. The highest BCUT2D eigenvalue weighted by molar-refractivity contribution is 7.92. The number of thiophene rings is 1. The zero-order valence-corrected chi connectivity index (χ0v) is 12.9. The molecule has 0 aliphatic carbocycles. The monoisotopic (exact) mass is 324 g/mol. The topological polar surface area (TPSA) is 97.5 Å². The molecule has 2 N–H and O–H groups in total. The first-order valence-corrected chi connectivity index (χ1v) is 9.85. The van der Waals surface area contributed by atoms with Gasteiger partial charge in [-0.2, -0.15) is 4.31 Å². The molecule has 1 aliphatic rings. The van der Waals surface area contributed by atoms with Crippen LogP contribution in [0.2, 0.25) is 0 Å². The second-order valence-corrected chi connectivity index (χ2v) is 10.0. The van der Waals surface area contributed by atoms with Crippen molar-refractivity contribution in [2.45, 2.75) is 23.7 Å². The maximum absolute atomic E-state index is 12.4. The molecule has 0 radical (unpaired) electrons. The summed E-state index contributed by atoms with van der Waals surface area (Å²) in [6.45, 7) is 1.93. The quantitative estimate of drug-likeness (QED) is 0.845. The van der Waals surface area contributed by atoms with E-state index in [2.05, 4.69) is 0 Å². The predicted octanol–water partition coefficient (Wildman–Crippen LogP) is 0.0144. The Morgan fingerprint density at radius 2 is 2.16 bits per heavy atom. The summed E-state index contributed by atoms with van der Waals surface area (Å²) >= 11 is 1.13. The lowest BCUT2D eigenvalue weighted by atomic mass is 10.4. The van der Waals surface area contributed by atoms with E-state index in [4.69, 9.17) is 5.73 Å². The molecule has 2 rings (SSSR count).